The standard InChI is InChI=1S/C18H28N2O2/c1-4-10-20-16(11-19)13(2)14(3)17(18(20)21)22-12-15-8-6-5-7-9-15/h5-9,13-14,16-17H,4,10-12,19H2,1-3H3. The van der Waals surface area contributed by atoms with Crippen LogP contribution in [-0.2, 0) is 16.1 Å². The number of likely N-dealkylation sites (tertiary alicyclic amines) is 1. The highest BCUT2D eigenvalue weighted by atomic mass is 16.5. The zero-order valence-electron chi connectivity index (χ0n) is 13.9. The van der Waals surface area contributed by atoms with Crippen molar-refractivity contribution in [3.8, 4) is 0 Å². The minimum absolute atomic E-state index is 0.0961. The molecule has 4 heteroatoms. The van der Waals surface area contributed by atoms with Crippen molar-refractivity contribution in [3.05, 3.63) is 35.9 Å². The lowest BCUT2D eigenvalue weighted by Gasteiger charge is -2.46. The number of hydrogen-bond donors (Lipinski definition) is 1. The number of piperidine rings is 1. The first-order chi connectivity index (χ1) is 10.6. The molecule has 2 N–H and O–H groups in total. The fourth-order valence-corrected chi connectivity index (χ4v) is 3.30. The quantitative estimate of drug-likeness (QED) is 0.878. The molecular weight excluding hydrogens is 276 g/mol. The van der Waals surface area contributed by atoms with Gasteiger partial charge in [0, 0.05) is 19.1 Å². The Kier molecular flexibility index (Phi) is 5.98. The number of amides is 1. The molecule has 4 nitrogen and oxygen atoms in total. The Balaban J connectivity index is 2.10. The van der Waals surface area contributed by atoms with Crippen LogP contribution in [0.15, 0.2) is 30.3 Å². The average molecular weight is 304 g/mol. The molecule has 0 spiro atoms. The topological polar surface area (TPSA) is 55.6 Å². The lowest BCUT2D eigenvalue weighted by molar-refractivity contribution is -0.163. The van der Waals surface area contributed by atoms with Crippen LogP contribution in [0.25, 0.3) is 0 Å². The molecule has 22 heavy (non-hydrogen) atoms. The summed E-state index contributed by atoms with van der Waals surface area (Å²) in [6.07, 6.45) is 0.568. The van der Waals surface area contributed by atoms with Crippen LogP contribution in [0, 0.1) is 11.8 Å². The molecule has 1 aliphatic heterocycles. The van der Waals surface area contributed by atoms with Gasteiger partial charge in [0.15, 0.2) is 0 Å². The Morgan fingerprint density at radius 3 is 2.45 bits per heavy atom. The van der Waals surface area contributed by atoms with E-state index >= 15 is 0 Å². The molecule has 1 fully saturated rings. The van der Waals surface area contributed by atoms with Gasteiger partial charge in [-0.2, -0.15) is 0 Å². The Labute approximate surface area is 133 Å². The third kappa shape index (κ3) is 3.50. The minimum Gasteiger partial charge on any atom is -0.363 e. The number of hydrogen-bond acceptors (Lipinski definition) is 3. The molecule has 0 bridgehead atoms. The average Bonchev–Trinajstić information content (AvgIpc) is 2.54. The monoisotopic (exact) mass is 304 g/mol. The summed E-state index contributed by atoms with van der Waals surface area (Å²) < 4.78 is 6.00. The van der Waals surface area contributed by atoms with Crippen molar-refractivity contribution in [1.82, 2.24) is 4.90 Å². The van der Waals surface area contributed by atoms with Crippen molar-refractivity contribution in [2.45, 2.75) is 45.9 Å². The summed E-state index contributed by atoms with van der Waals surface area (Å²) in [5.74, 6) is 0.617. The number of nitrogens with zero attached hydrogens (tertiary/aromatic N) is 1. The molecule has 1 amide bonds. The largest absolute Gasteiger partial charge is 0.363 e. The van der Waals surface area contributed by atoms with E-state index in [1.54, 1.807) is 0 Å². The van der Waals surface area contributed by atoms with Crippen LogP contribution >= 0.6 is 0 Å². The van der Waals surface area contributed by atoms with Gasteiger partial charge in [-0.15, -0.1) is 0 Å². The number of benzene rings is 1. The van der Waals surface area contributed by atoms with E-state index in [9.17, 15) is 4.79 Å². The van der Waals surface area contributed by atoms with Crippen molar-refractivity contribution in [2.24, 2.45) is 17.6 Å². The van der Waals surface area contributed by atoms with Gasteiger partial charge in [-0.05, 0) is 23.8 Å². The highest BCUT2D eigenvalue weighted by Crippen LogP contribution is 2.31. The van der Waals surface area contributed by atoms with Crippen molar-refractivity contribution in [3.63, 3.8) is 0 Å². The van der Waals surface area contributed by atoms with Crippen molar-refractivity contribution < 1.29 is 9.53 Å². The van der Waals surface area contributed by atoms with E-state index in [-0.39, 0.29) is 24.0 Å². The molecule has 1 saturated heterocycles. The Bertz CT molecular complexity index is 477. The van der Waals surface area contributed by atoms with Gasteiger partial charge in [0.1, 0.15) is 6.10 Å². The summed E-state index contributed by atoms with van der Waals surface area (Å²) in [5.41, 5.74) is 7.01. The van der Waals surface area contributed by atoms with Crippen LogP contribution in [0.4, 0.5) is 0 Å². The molecule has 0 aromatic heterocycles. The zero-order chi connectivity index (χ0) is 16.1. The number of nitrogens with two attached hydrogens (primary N) is 1. The van der Waals surface area contributed by atoms with E-state index in [1.807, 2.05) is 35.2 Å². The lowest BCUT2D eigenvalue weighted by Crippen LogP contribution is -2.60. The van der Waals surface area contributed by atoms with Crippen molar-refractivity contribution in [2.75, 3.05) is 13.1 Å². The molecule has 122 valence electrons. The van der Waals surface area contributed by atoms with E-state index in [1.165, 1.54) is 0 Å². The van der Waals surface area contributed by atoms with Gasteiger partial charge in [0.2, 0.25) is 0 Å². The van der Waals surface area contributed by atoms with Crippen LogP contribution in [0.1, 0.15) is 32.8 Å². The van der Waals surface area contributed by atoms with Gasteiger partial charge in [-0.1, -0.05) is 51.1 Å². The number of carbonyl (C=O) groups excluding carboxylic acids is 1. The predicted molar refractivity (Wildman–Crippen MR) is 88.2 cm³/mol. The molecule has 1 aromatic rings. The molecule has 1 heterocycles. The number of rotatable bonds is 6. The second-order valence-corrected chi connectivity index (χ2v) is 6.27. The number of carbonyl (C=O) groups is 1. The third-order valence-corrected chi connectivity index (χ3v) is 4.82. The molecule has 0 aliphatic carbocycles. The Morgan fingerprint density at radius 2 is 1.86 bits per heavy atom. The fraction of sp³-hybridized carbons (Fsp3) is 0.611. The molecular formula is C18H28N2O2. The molecule has 0 saturated carbocycles. The zero-order valence-corrected chi connectivity index (χ0v) is 13.9. The predicted octanol–water partition coefficient (Wildman–Crippen LogP) is 2.42. The summed E-state index contributed by atoms with van der Waals surface area (Å²) in [6.45, 7) is 8.11. The Morgan fingerprint density at radius 1 is 1.18 bits per heavy atom. The van der Waals surface area contributed by atoms with Gasteiger partial charge in [-0.3, -0.25) is 4.79 Å². The summed E-state index contributed by atoms with van der Waals surface area (Å²) in [6, 6.07) is 10.1. The summed E-state index contributed by atoms with van der Waals surface area (Å²) in [4.78, 5) is 14.7. The first kappa shape index (κ1) is 17.0. The summed E-state index contributed by atoms with van der Waals surface area (Å²) >= 11 is 0. The third-order valence-electron chi connectivity index (χ3n) is 4.82. The molecule has 2 rings (SSSR count). The fourth-order valence-electron chi connectivity index (χ4n) is 3.30. The van der Waals surface area contributed by atoms with Crippen molar-refractivity contribution in [1.29, 1.82) is 0 Å². The summed E-state index contributed by atoms with van der Waals surface area (Å²) in [7, 11) is 0. The Hall–Kier alpha value is -1.39. The molecule has 1 aliphatic rings. The molecule has 4 unspecified atom stereocenters. The highest BCUT2D eigenvalue weighted by molar-refractivity contribution is 5.82. The second kappa shape index (κ2) is 7.75. The first-order valence-corrected chi connectivity index (χ1v) is 8.26. The maximum Gasteiger partial charge on any atom is 0.252 e. The summed E-state index contributed by atoms with van der Waals surface area (Å²) in [5, 5.41) is 0. The highest BCUT2D eigenvalue weighted by Gasteiger charge is 2.44. The van der Waals surface area contributed by atoms with E-state index < -0.39 is 0 Å². The van der Waals surface area contributed by atoms with Gasteiger partial charge in [0.05, 0.1) is 6.61 Å². The van der Waals surface area contributed by atoms with E-state index in [2.05, 4.69) is 20.8 Å². The number of ether oxygens (including phenoxy) is 1. The maximum absolute atomic E-state index is 12.8. The van der Waals surface area contributed by atoms with E-state index in [0.717, 1.165) is 18.5 Å². The molecule has 1 aromatic carbocycles. The first-order valence-electron chi connectivity index (χ1n) is 8.26. The SMILES string of the molecule is CCCN1C(=O)C(OCc2ccccc2)C(C)C(C)C1CN. The van der Waals surface area contributed by atoms with Crippen LogP contribution in [-0.4, -0.2) is 36.0 Å². The normalized spacial score (nSPS) is 28.9. The van der Waals surface area contributed by atoms with E-state index in [4.69, 9.17) is 10.5 Å². The van der Waals surface area contributed by atoms with Crippen LogP contribution in [0.2, 0.25) is 0 Å². The maximum atomic E-state index is 12.8. The van der Waals surface area contributed by atoms with Gasteiger partial charge < -0.3 is 15.4 Å². The van der Waals surface area contributed by atoms with E-state index in [0.29, 0.717) is 19.1 Å². The minimum atomic E-state index is -0.371. The second-order valence-electron chi connectivity index (χ2n) is 6.27. The lowest BCUT2D eigenvalue weighted by atomic mass is 9.79. The van der Waals surface area contributed by atoms with Crippen LogP contribution in [0.5, 0.6) is 0 Å². The van der Waals surface area contributed by atoms with Crippen LogP contribution < -0.4 is 5.73 Å². The van der Waals surface area contributed by atoms with Gasteiger partial charge >= 0.3 is 0 Å². The van der Waals surface area contributed by atoms with Gasteiger partial charge in [0.25, 0.3) is 5.91 Å². The smallest absolute Gasteiger partial charge is 0.252 e. The molecule has 0 radical (unpaired) electrons. The molecule has 4 atom stereocenters. The van der Waals surface area contributed by atoms with Crippen LogP contribution in [0.3, 0.4) is 0 Å². The van der Waals surface area contributed by atoms with Crippen molar-refractivity contribution >= 4 is 5.91 Å². The van der Waals surface area contributed by atoms with Gasteiger partial charge in [-0.25, -0.2) is 0 Å².